The Morgan fingerprint density at radius 2 is 1.92 bits per heavy atom. The Kier molecular flexibility index (Phi) is 6.20. The number of fused-ring (bicyclic) bond motifs is 1. The van der Waals surface area contributed by atoms with Gasteiger partial charge in [0, 0.05) is 36.2 Å². The predicted octanol–water partition coefficient (Wildman–Crippen LogP) is 4.16. The number of sulfonamides is 1. The van der Waals surface area contributed by atoms with E-state index in [2.05, 4.69) is 4.72 Å². The molecule has 1 aromatic heterocycles. The van der Waals surface area contributed by atoms with Gasteiger partial charge in [0.2, 0.25) is 10.0 Å². The zero-order valence-electron chi connectivity index (χ0n) is 16.0. The maximum Gasteiger partial charge on any atom is 0.208 e. The molecular weight excluding hydrogens is 372 g/mol. The lowest BCUT2D eigenvalue weighted by atomic mass is 9.87. The molecule has 0 saturated heterocycles. The summed E-state index contributed by atoms with van der Waals surface area (Å²) in [5, 5.41) is 1.46. The molecule has 0 saturated carbocycles. The fourth-order valence-electron chi connectivity index (χ4n) is 3.19. The van der Waals surface area contributed by atoms with Gasteiger partial charge in [-0.3, -0.25) is 4.79 Å². The molecule has 1 N–H and O–H groups in total. The van der Waals surface area contributed by atoms with Gasteiger partial charge in [-0.05, 0) is 24.8 Å². The van der Waals surface area contributed by atoms with E-state index in [1.54, 1.807) is 0 Å². The summed E-state index contributed by atoms with van der Waals surface area (Å²) >= 11 is 6.43. The van der Waals surface area contributed by atoms with E-state index in [1.165, 1.54) is 0 Å². The van der Waals surface area contributed by atoms with Gasteiger partial charge in [0.15, 0.2) is 5.78 Å². The zero-order chi connectivity index (χ0) is 19.7. The maximum absolute atomic E-state index is 12.9. The van der Waals surface area contributed by atoms with Gasteiger partial charge in [-0.2, -0.15) is 0 Å². The first kappa shape index (κ1) is 20.9. The molecule has 0 spiro atoms. The molecule has 2 rings (SSSR count). The summed E-state index contributed by atoms with van der Waals surface area (Å²) in [5.41, 5.74) is 2.33. The normalized spacial score (nSPS) is 12.7. The van der Waals surface area contributed by atoms with Gasteiger partial charge in [0.25, 0.3) is 0 Å². The number of rotatable bonds is 7. The first-order valence-electron chi connectivity index (χ1n) is 8.66. The molecule has 0 aliphatic rings. The molecule has 2 aromatic rings. The topological polar surface area (TPSA) is 68.2 Å². The number of aryl methyl sites for hydroxylation is 1. The molecule has 1 aromatic carbocycles. The number of hydrogen-bond acceptors (Lipinski definition) is 3. The van der Waals surface area contributed by atoms with Gasteiger partial charge < -0.3 is 4.57 Å². The molecular formula is C19H27ClN2O3S. The Balaban J connectivity index is 2.41. The number of halogens is 1. The standard InChI is InChI=1S/C19H27ClN2O3S/c1-13-17(16(23)12-19(2,3)4)14-8-6-9-15(20)18(14)22(13)11-7-10-21-26(5,24)25/h6,8-9,21H,7,10-12H2,1-5H3. The van der Waals surface area contributed by atoms with Crippen molar-refractivity contribution in [1.29, 1.82) is 0 Å². The number of ketones is 1. The molecule has 26 heavy (non-hydrogen) atoms. The van der Waals surface area contributed by atoms with Crippen molar-refractivity contribution in [2.24, 2.45) is 5.41 Å². The number of aromatic nitrogens is 1. The Morgan fingerprint density at radius 1 is 1.27 bits per heavy atom. The number of hydrogen-bond donors (Lipinski definition) is 1. The Bertz CT molecular complexity index is 924. The van der Waals surface area contributed by atoms with E-state index in [0.29, 0.717) is 36.5 Å². The molecule has 0 bridgehead atoms. The third kappa shape index (κ3) is 5.09. The van der Waals surface area contributed by atoms with E-state index in [9.17, 15) is 13.2 Å². The summed E-state index contributed by atoms with van der Waals surface area (Å²) in [6.07, 6.45) is 2.20. The van der Waals surface area contributed by atoms with Crippen LogP contribution in [0.4, 0.5) is 0 Å². The minimum absolute atomic E-state index is 0.101. The number of Topliss-reactive ketones (excluding diaryl/α,β-unsaturated/α-hetero) is 1. The largest absolute Gasteiger partial charge is 0.343 e. The highest BCUT2D eigenvalue weighted by Gasteiger charge is 2.24. The lowest BCUT2D eigenvalue weighted by Crippen LogP contribution is -2.24. The number of nitrogens with zero attached hydrogens (tertiary/aromatic N) is 1. The van der Waals surface area contributed by atoms with Crippen LogP contribution in [0, 0.1) is 12.3 Å². The fraction of sp³-hybridized carbons (Fsp3) is 0.526. The molecule has 5 nitrogen and oxygen atoms in total. The zero-order valence-corrected chi connectivity index (χ0v) is 17.6. The monoisotopic (exact) mass is 398 g/mol. The van der Waals surface area contributed by atoms with Crippen LogP contribution in [0.2, 0.25) is 5.02 Å². The summed E-state index contributed by atoms with van der Waals surface area (Å²) in [7, 11) is -3.21. The highest BCUT2D eigenvalue weighted by molar-refractivity contribution is 7.88. The van der Waals surface area contributed by atoms with E-state index >= 15 is 0 Å². The molecule has 0 atom stereocenters. The van der Waals surface area contributed by atoms with Crippen LogP contribution in [0.15, 0.2) is 18.2 Å². The Hall–Kier alpha value is -1.37. The van der Waals surface area contributed by atoms with Crippen molar-refractivity contribution in [3.63, 3.8) is 0 Å². The van der Waals surface area contributed by atoms with E-state index in [0.717, 1.165) is 22.9 Å². The molecule has 0 aliphatic heterocycles. The second-order valence-electron chi connectivity index (χ2n) is 7.93. The first-order chi connectivity index (χ1) is 11.9. The lowest BCUT2D eigenvalue weighted by molar-refractivity contribution is 0.0940. The van der Waals surface area contributed by atoms with E-state index in [-0.39, 0.29) is 11.2 Å². The van der Waals surface area contributed by atoms with Gasteiger partial charge >= 0.3 is 0 Å². The van der Waals surface area contributed by atoms with Gasteiger partial charge in [0.05, 0.1) is 16.8 Å². The number of nitrogens with one attached hydrogen (secondary N) is 1. The summed E-state index contributed by atoms with van der Waals surface area (Å²) < 4.78 is 27.0. The van der Waals surface area contributed by atoms with Crippen molar-refractivity contribution < 1.29 is 13.2 Å². The predicted molar refractivity (Wildman–Crippen MR) is 108 cm³/mol. The molecule has 144 valence electrons. The Morgan fingerprint density at radius 3 is 2.50 bits per heavy atom. The lowest BCUT2D eigenvalue weighted by Gasteiger charge is -2.17. The summed E-state index contributed by atoms with van der Waals surface area (Å²) in [6, 6.07) is 5.59. The third-order valence-corrected chi connectivity index (χ3v) is 5.22. The summed E-state index contributed by atoms with van der Waals surface area (Å²) in [4.78, 5) is 12.9. The van der Waals surface area contributed by atoms with Crippen LogP contribution in [-0.2, 0) is 16.6 Å². The van der Waals surface area contributed by atoms with Gasteiger partial charge in [-0.15, -0.1) is 0 Å². The Labute approximate surface area is 160 Å². The number of carbonyl (C=O) groups is 1. The average molecular weight is 399 g/mol. The van der Waals surface area contributed by atoms with Crippen molar-refractivity contribution in [2.75, 3.05) is 12.8 Å². The number of carbonyl (C=O) groups excluding carboxylic acids is 1. The first-order valence-corrected chi connectivity index (χ1v) is 10.9. The minimum atomic E-state index is -3.21. The van der Waals surface area contributed by atoms with E-state index in [4.69, 9.17) is 11.6 Å². The molecule has 0 unspecified atom stereocenters. The quantitative estimate of drug-likeness (QED) is 0.562. The van der Waals surface area contributed by atoms with Crippen molar-refractivity contribution in [1.82, 2.24) is 9.29 Å². The van der Waals surface area contributed by atoms with E-state index < -0.39 is 10.0 Å². The molecule has 0 radical (unpaired) electrons. The fourth-order valence-corrected chi connectivity index (χ4v) is 3.98. The van der Waals surface area contributed by atoms with Gasteiger partial charge in [-0.25, -0.2) is 13.1 Å². The molecule has 7 heteroatoms. The molecule has 0 aliphatic carbocycles. The van der Waals surface area contributed by atoms with Crippen LogP contribution in [0.25, 0.3) is 10.9 Å². The highest BCUT2D eigenvalue weighted by Crippen LogP contribution is 2.34. The summed E-state index contributed by atoms with van der Waals surface area (Å²) in [6.45, 7) is 8.98. The van der Waals surface area contributed by atoms with Crippen LogP contribution in [0.1, 0.15) is 49.7 Å². The smallest absolute Gasteiger partial charge is 0.208 e. The van der Waals surface area contributed by atoms with Crippen LogP contribution >= 0.6 is 11.6 Å². The maximum atomic E-state index is 12.9. The second kappa shape index (κ2) is 7.71. The van der Waals surface area contributed by atoms with Crippen molar-refractivity contribution in [3.05, 3.63) is 34.5 Å². The van der Waals surface area contributed by atoms with Gasteiger partial charge in [-0.1, -0.05) is 44.5 Å². The second-order valence-corrected chi connectivity index (χ2v) is 10.2. The average Bonchev–Trinajstić information content (AvgIpc) is 2.74. The van der Waals surface area contributed by atoms with E-state index in [1.807, 2.05) is 50.5 Å². The highest BCUT2D eigenvalue weighted by atomic mass is 35.5. The van der Waals surface area contributed by atoms with Crippen molar-refractivity contribution in [3.8, 4) is 0 Å². The van der Waals surface area contributed by atoms with Gasteiger partial charge in [0.1, 0.15) is 0 Å². The minimum Gasteiger partial charge on any atom is -0.343 e. The number of para-hydroxylation sites is 1. The third-order valence-electron chi connectivity index (χ3n) is 4.19. The van der Waals surface area contributed by atoms with Crippen LogP contribution < -0.4 is 4.72 Å². The molecule has 0 amide bonds. The molecule has 1 heterocycles. The van der Waals surface area contributed by atoms with Crippen LogP contribution in [-0.4, -0.2) is 31.6 Å². The van der Waals surface area contributed by atoms with Crippen LogP contribution in [0.5, 0.6) is 0 Å². The van der Waals surface area contributed by atoms with Crippen molar-refractivity contribution in [2.45, 2.75) is 47.1 Å². The molecule has 0 fully saturated rings. The number of benzene rings is 1. The summed E-state index contributed by atoms with van der Waals surface area (Å²) in [5.74, 6) is 0.107. The SMILES string of the molecule is Cc1c(C(=O)CC(C)(C)C)c2cccc(Cl)c2n1CCCNS(C)(=O)=O. The van der Waals surface area contributed by atoms with Crippen molar-refractivity contribution >= 4 is 38.3 Å². The van der Waals surface area contributed by atoms with Crippen LogP contribution in [0.3, 0.4) is 0 Å².